The van der Waals surface area contributed by atoms with Gasteiger partial charge in [0.05, 0.1) is 16.7 Å². The second kappa shape index (κ2) is 11.4. The van der Waals surface area contributed by atoms with Gasteiger partial charge in [0.25, 0.3) is 6.33 Å². The van der Waals surface area contributed by atoms with Crippen molar-refractivity contribution in [2.24, 2.45) is 0 Å². The van der Waals surface area contributed by atoms with Crippen molar-refractivity contribution in [2.45, 2.75) is 33.1 Å². The Bertz CT molecular complexity index is 2020. The van der Waals surface area contributed by atoms with E-state index >= 15 is 0 Å². The summed E-state index contributed by atoms with van der Waals surface area (Å²) in [5.74, 6) is 0. The molecule has 8 rings (SSSR count). The molecule has 7 aromatic rings. The molecule has 3 nitrogen and oxygen atoms in total. The zero-order chi connectivity index (χ0) is 28.8. The Labute approximate surface area is 266 Å². The molecule has 210 valence electrons. The van der Waals surface area contributed by atoms with E-state index in [1.165, 1.54) is 44.1 Å². The third-order valence-corrected chi connectivity index (χ3v) is 8.15. The Balaban J connectivity index is 0.000000213. The molecule has 0 radical (unpaired) electrons. The summed E-state index contributed by atoms with van der Waals surface area (Å²) in [7, 11) is 0. The van der Waals surface area contributed by atoms with Gasteiger partial charge in [-0.15, -0.1) is 58.3 Å². The maximum absolute atomic E-state index is 4.22. The van der Waals surface area contributed by atoms with Crippen molar-refractivity contribution in [3.63, 3.8) is 0 Å². The molecule has 0 aliphatic carbocycles. The van der Waals surface area contributed by atoms with Crippen molar-refractivity contribution in [1.29, 1.82) is 0 Å². The maximum atomic E-state index is 4.22. The summed E-state index contributed by atoms with van der Waals surface area (Å²) in [6.45, 7) is 8.97. The van der Waals surface area contributed by atoms with Crippen LogP contribution in [0, 0.1) is 32.3 Å². The van der Waals surface area contributed by atoms with Gasteiger partial charge in [-0.1, -0.05) is 79.6 Å². The number of fused-ring (bicyclic) bond motifs is 4. The molecular formula is C39H31IrN3+. The van der Waals surface area contributed by atoms with Crippen LogP contribution in [0.2, 0.25) is 0 Å². The predicted octanol–water partition coefficient (Wildman–Crippen LogP) is 8.46. The maximum Gasteiger partial charge on any atom is 3.00 e. The first kappa shape index (κ1) is 28.7. The average molecular weight is 734 g/mol. The third-order valence-electron chi connectivity index (χ3n) is 8.15. The minimum absolute atomic E-state index is 0. The quantitative estimate of drug-likeness (QED) is 0.129. The summed E-state index contributed by atoms with van der Waals surface area (Å²) in [5, 5.41) is 2.52. The van der Waals surface area contributed by atoms with Crippen LogP contribution in [0.1, 0.15) is 36.1 Å². The van der Waals surface area contributed by atoms with E-state index in [2.05, 4.69) is 127 Å². The van der Waals surface area contributed by atoms with E-state index in [0.29, 0.717) is 0 Å². The van der Waals surface area contributed by atoms with Crippen molar-refractivity contribution >= 4 is 21.8 Å². The van der Waals surface area contributed by atoms with Gasteiger partial charge in [0.15, 0.2) is 0 Å². The van der Waals surface area contributed by atoms with Gasteiger partial charge in [-0.3, -0.25) is 4.57 Å². The van der Waals surface area contributed by atoms with Gasteiger partial charge in [0.1, 0.15) is 0 Å². The van der Waals surface area contributed by atoms with Gasteiger partial charge in [-0.05, 0) is 54.4 Å². The molecule has 0 atom stereocenters. The van der Waals surface area contributed by atoms with E-state index in [1.54, 1.807) is 6.20 Å². The molecule has 3 heterocycles. The standard InChI is InChI=1S/C28H23N2.C11H8N.Ir/c1-18-14-19(2)16-21(15-18)29-17-30-24-13-12-20-8-5-6-9-22(20)26(24)28(3,4)23-10-7-11-25(29)27(23)30;1-2-6-10(7-3-1)11-8-4-5-9-12-11;/h5-12,14-16H,1-4H3;1-6,8-9H;/q2*-1;+3. The van der Waals surface area contributed by atoms with E-state index in [0.717, 1.165) is 22.6 Å². The van der Waals surface area contributed by atoms with Crippen molar-refractivity contribution in [2.75, 3.05) is 0 Å². The van der Waals surface area contributed by atoms with Crippen LogP contribution in [0.15, 0.2) is 115 Å². The largest absolute Gasteiger partial charge is 3.00 e. The zero-order valence-electron chi connectivity index (χ0n) is 24.6. The van der Waals surface area contributed by atoms with Crippen molar-refractivity contribution in [3.8, 4) is 22.6 Å². The van der Waals surface area contributed by atoms with E-state index in [4.69, 9.17) is 0 Å². The zero-order valence-corrected chi connectivity index (χ0v) is 27.0. The second-order valence-corrected chi connectivity index (χ2v) is 11.5. The first-order valence-corrected chi connectivity index (χ1v) is 14.3. The van der Waals surface area contributed by atoms with Crippen molar-refractivity contribution in [3.05, 3.63) is 156 Å². The number of imidazole rings is 1. The van der Waals surface area contributed by atoms with E-state index in [-0.39, 0.29) is 25.5 Å². The van der Waals surface area contributed by atoms with Crippen LogP contribution < -0.4 is 4.57 Å². The number of pyridine rings is 1. The number of rotatable bonds is 2. The Morgan fingerprint density at radius 1 is 0.791 bits per heavy atom. The van der Waals surface area contributed by atoms with Gasteiger partial charge >= 0.3 is 20.1 Å². The smallest absolute Gasteiger partial charge is 0.314 e. The normalized spacial score (nSPS) is 12.7. The van der Waals surface area contributed by atoms with Crippen LogP contribution in [-0.2, 0) is 25.5 Å². The molecule has 0 unspecified atom stereocenters. The van der Waals surface area contributed by atoms with Crippen molar-refractivity contribution in [1.82, 2.24) is 9.55 Å². The molecule has 0 spiro atoms. The van der Waals surface area contributed by atoms with Crippen LogP contribution in [0.3, 0.4) is 0 Å². The molecule has 0 amide bonds. The molecular weight excluding hydrogens is 703 g/mol. The van der Waals surface area contributed by atoms with E-state index < -0.39 is 0 Å². The van der Waals surface area contributed by atoms with Crippen LogP contribution in [-0.4, -0.2) is 9.55 Å². The Kier molecular flexibility index (Phi) is 7.60. The van der Waals surface area contributed by atoms with Gasteiger partial charge < -0.3 is 9.55 Å². The topological polar surface area (TPSA) is 21.7 Å². The summed E-state index contributed by atoms with van der Waals surface area (Å²) in [4.78, 5) is 4.22. The summed E-state index contributed by atoms with van der Waals surface area (Å²) in [6.07, 6.45) is 5.45. The molecule has 0 bridgehead atoms. The molecule has 1 aliphatic heterocycles. The Hall–Kier alpha value is -4.37. The molecule has 5 aromatic carbocycles. The van der Waals surface area contributed by atoms with E-state index in [1.807, 2.05) is 42.5 Å². The molecule has 2 aromatic heterocycles. The third kappa shape index (κ3) is 5.01. The molecule has 43 heavy (non-hydrogen) atoms. The number of benzene rings is 5. The van der Waals surface area contributed by atoms with Crippen LogP contribution in [0.25, 0.3) is 44.4 Å². The Morgan fingerprint density at radius 2 is 1.56 bits per heavy atom. The monoisotopic (exact) mass is 734 g/mol. The van der Waals surface area contributed by atoms with Crippen LogP contribution in [0.4, 0.5) is 0 Å². The predicted molar refractivity (Wildman–Crippen MR) is 170 cm³/mol. The number of aryl methyl sites for hydroxylation is 2. The fourth-order valence-electron chi connectivity index (χ4n) is 6.31. The summed E-state index contributed by atoms with van der Waals surface area (Å²) < 4.78 is 4.42. The molecule has 1 aliphatic rings. The van der Waals surface area contributed by atoms with Gasteiger partial charge in [-0.2, -0.15) is 12.1 Å². The average Bonchev–Trinajstić information content (AvgIpc) is 3.41. The Morgan fingerprint density at radius 3 is 2.30 bits per heavy atom. The summed E-state index contributed by atoms with van der Waals surface area (Å²) >= 11 is 0. The molecule has 0 fully saturated rings. The fraction of sp³-hybridized carbons (Fsp3) is 0.128. The van der Waals surface area contributed by atoms with Gasteiger partial charge in [0, 0.05) is 6.20 Å². The van der Waals surface area contributed by atoms with Crippen molar-refractivity contribution < 1.29 is 24.7 Å². The summed E-state index contributed by atoms with van der Waals surface area (Å²) in [6, 6.07) is 44.5. The first-order chi connectivity index (χ1) is 20.4. The van der Waals surface area contributed by atoms with Gasteiger partial charge in [0.2, 0.25) is 0 Å². The molecule has 0 saturated carbocycles. The fourth-order valence-corrected chi connectivity index (χ4v) is 6.31. The molecule has 0 saturated heterocycles. The number of hydrogen-bond acceptors (Lipinski definition) is 1. The second-order valence-electron chi connectivity index (χ2n) is 11.5. The number of nitrogens with zero attached hydrogens (tertiary/aromatic N) is 3. The van der Waals surface area contributed by atoms with Crippen LogP contribution in [0.5, 0.6) is 0 Å². The SMILES string of the molecule is Cc1cc(C)cc(-n2[c-][n+]3c4c(cccc42)C(C)(C)c2c-3[c-]cc3ccccc23)c1.[Ir+3].[c-]1ccccc1-c1ccccn1. The van der Waals surface area contributed by atoms with Gasteiger partial charge in [-0.25, -0.2) is 0 Å². The number of para-hydroxylation sites is 1. The first-order valence-electron chi connectivity index (χ1n) is 14.3. The number of hydrogen-bond donors (Lipinski definition) is 0. The minimum atomic E-state index is -0.130. The van der Waals surface area contributed by atoms with Crippen LogP contribution >= 0.6 is 0 Å². The van der Waals surface area contributed by atoms with E-state index in [9.17, 15) is 0 Å². The molecule has 0 N–H and O–H groups in total. The molecule has 4 heteroatoms. The minimum Gasteiger partial charge on any atom is -0.314 e. The number of aromatic nitrogens is 3. The summed E-state index contributed by atoms with van der Waals surface area (Å²) in [5.41, 5.74) is 11.7.